The van der Waals surface area contributed by atoms with Crippen LogP contribution in [-0.2, 0) is 4.74 Å². The third-order valence-corrected chi connectivity index (χ3v) is 1.60. The second kappa shape index (κ2) is 4.68. The molecule has 1 aromatic rings. The molecule has 0 atom stereocenters. The molecular formula is C9H10F2N2O2. The maximum absolute atomic E-state index is 12.3. The lowest BCUT2D eigenvalue weighted by Gasteiger charge is -2.05. The normalized spacial score (nSPS) is 10.4. The molecule has 0 saturated heterocycles. The van der Waals surface area contributed by atoms with Crippen LogP contribution in [0.5, 0.6) is 0 Å². The highest BCUT2D eigenvalue weighted by Gasteiger charge is 2.15. The first-order valence-electron chi connectivity index (χ1n) is 4.27. The van der Waals surface area contributed by atoms with Gasteiger partial charge in [-0.3, -0.25) is 0 Å². The summed E-state index contributed by atoms with van der Waals surface area (Å²) in [6.07, 6.45) is -2.69. The van der Waals surface area contributed by atoms with Crippen molar-refractivity contribution in [1.82, 2.24) is 4.98 Å². The number of nitrogen functional groups attached to an aromatic ring is 1. The zero-order chi connectivity index (χ0) is 11.4. The Balaban J connectivity index is 3.03. The van der Waals surface area contributed by atoms with Crippen LogP contribution in [0.2, 0.25) is 0 Å². The zero-order valence-electron chi connectivity index (χ0n) is 8.04. The largest absolute Gasteiger partial charge is 0.461 e. The molecule has 0 unspecified atom stereocenters. The van der Waals surface area contributed by atoms with Gasteiger partial charge in [0, 0.05) is 5.56 Å². The van der Waals surface area contributed by atoms with E-state index in [1.165, 1.54) is 0 Å². The molecule has 1 heterocycles. The molecular weight excluding hydrogens is 206 g/mol. The van der Waals surface area contributed by atoms with Gasteiger partial charge in [-0.15, -0.1) is 0 Å². The Bertz CT molecular complexity index is 369. The average Bonchev–Trinajstić information content (AvgIpc) is 2.17. The van der Waals surface area contributed by atoms with E-state index in [-0.39, 0.29) is 23.7 Å². The summed E-state index contributed by atoms with van der Waals surface area (Å²) in [6.45, 7) is 1.76. The van der Waals surface area contributed by atoms with Gasteiger partial charge in [0.1, 0.15) is 5.82 Å². The molecule has 6 heteroatoms. The molecule has 1 rings (SSSR count). The third-order valence-electron chi connectivity index (χ3n) is 1.60. The van der Waals surface area contributed by atoms with Crippen molar-refractivity contribution in [2.24, 2.45) is 0 Å². The van der Waals surface area contributed by atoms with Crippen molar-refractivity contribution in [3.8, 4) is 0 Å². The Hall–Kier alpha value is -1.72. The van der Waals surface area contributed by atoms with Crippen LogP contribution in [0.15, 0.2) is 12.1 Å². The summed E-state index contributed by atoms with van der Waals surface area (Å²) in [4.78, 5) is 14.8. The van der Waals surface area contributed by atoms with Crippen LogP contribution in [0.4, 0.5) is 14.6 Å². The first kappa shape index (κ1) is 11.4. The molecule has 4 nitrogen and oxygen atoms in total. The van der Waals surface area contributed by atoms with Gasteiger partial charge in [0.15, 0.2) is 5.69 Å². The molecule has 1 aromatic heterocycles. The molecule has 0 aliphatic carbocycles. The smallest absolute Gasteiger partial charge is 0.357 e. The summed E-state index contributed by atoms with van der Waals surface area (Å²) in [5, 5.41) is 0. The minimum Gasteiger partial charge on any atom is -0.461 e. The number of carbonyl (C=O) groups excluding carboxylic acids is 1. The number of carbonyl (C=O) groups is 1. The summed E-state index contributed by atoms with van der Waals surface area (Å²) in [6, 6.07) is 1.99. The third kappa shape index (κ3) is 2.87. The van der Waals surface area contributed by atoms with E-state index >= 15 is 0 Å². The number of esters is 1. The van der Waals surface area contributed by atoms with Crippen molar-refractivity contribution in [3.63, 3.8) is 0 Å². The van der Waals surface area contributed by atoms with Gasteiger partial charge in [-0.25, -0.2) is 18.6 Å². The highest BCUT2D eigenvalue weighted by atomic mass is 19.3. The first-order chi connectivity index (χ1) is 7.04. The quantitative estimate of drug-likeness (QED) is 0.782. The fourth-order valence-corrected chi connectivity index (χ4v) is 1.01. The minimum absolute atomic E-state index is 0.129. The first-order valence-corrected chi connectivity index (χ1v) is 4.27. The van der Waals surface area contributed by atoms with Gasteiger partial charge in [-0.2, -0.15) is 0 Å². The van der Waals surface area contributed by atoms with Crippen LogP contribution in [0.25, 0.3) is 0 Å². The summed E-state index contributed by atoms with van der Waals surface area (Å²) in [5.41, 5.74) is 4.74. The van der Waals surface area contributed by atoms with Gasteiger partial charge < -0.3 is 10.5 Å². The SMILES string of the molecule is CCOC(=O)c1cc(C(F)F)cc(N)n1. The Labute approximate surface area is 85.1 Å². The lowest BCUT2D eigenvalue weighted by molar-refractivity contribution is 0.0519. The summed E-state index contributed by atoms with van der Waals surface area (Å²) in [7, 11) is 0. The number of aromatic nitrogens is 1. The van der Waals surface area contributed by atoms with Gasteiger partial charge in [-0.1, -0.05) is 0 Å². The Morgan fingerprint density at radius 1 is 1.60 bits per heavy atom. The van der Waals surface area contributed by atoms with Crippen LogP contribution in [0.3, 0.4) is 0 Å². The number of hydrogen-bond acceptors (Lipinski definition) is 4. The van der Waals surface area contributed by atoms with Crippen LogP contribution in [-0.4, -0.2) is 17.6 Å². The molecule has 0 aromatic carbocycles. The molecule has 0 fully saturated rings. The molecule has 0 amide bonds. The van der Waals surface area contributed by atoms with Crippen molar-refractivity contribution in [2.75, 3.05) is 12.3 Å². The Morgan fingerprint density at radius 2 is 2.27 bits per heavy atom. The molecule has 0 aliphatic rings. The number of anilines is 1. The fourth-order valence-electron chi connectivity index (χ4n) is 1.01. The van der Waals surface area contributed by atoms with E-state index in [1.807, 2.05) is 0 Å². The van der Waals surface area contributed by atoms with Crippen LogP contribution >= 0.6 is 0 Å². The number of rotatable bonds is 3. The van der Waals surface area contributed by atoms with Crippen LogP contribution < -0.4 is 5.73 Å². The number of nitrogens with two attached hydrogens (primary N) is 1. The minimum atomic E-state index is -2.69. The molecule has 82 valence electrons. The molecule has 2 N–H and O–H groups in total. The van der Waals surface area contributed by atoms with Crippen molar-refractivity contribution in [3.05, 3.63) is 23.4 Å². The molecule has 0 bridgehead atoms. The number of hydrogen-bond donors (Lipinski definition) is 1. The van der Waals surface area contributed by atoms with E-state index in [0.717, 1.165) is 12.1 Å². The highest BCUT2D eigenvalue weighted by molar-refractivity contribution is 5.87. The lowest BCUT2D eigenvalue weighted by atomic mass is 10.2. The number of pyridine rings is 1. The van der Waals surface area contributed by atoms with Gasteiger partial charge in [0.05, 0.1) is 6.61 Å². The highest BCUT2D eigenvalue weighted by Crippen LogP contribution is 2.21. The predicted molar refractivity (Wildman–Crippen MR) is 49.6 cm³/mol. The lowest BCUT2D eigenvalue weighted by Crippen LogP contribution is -2.09. The number of nitrogens with zero attached hydrogens (tertiary/aromatic N) is 1. The monoisotopic (exact) mass is 216 g/mol. The van der Waals surface area contributed by atoms with E-state index in [9.17, 15) is 13.6 Å². The van der Waals surface area contributed by atoms with Crippen molar-refractivity contribution >= 4 is 11.8 Å². The molecule has 0 aliphatic heterocycles. The van der Waals surface area contributed by atoms with Crippen molar-refractivity contribution in [2.45, 2.75) is 13.3 Å². The number of halogens is 2. The Kier molecular flexibility index (Phi) is 3.54. The maximum Gasteiger partial charge on any atom is 0.357 e. The summed E-state index contributed by atoms with van der Waals surface area (Å²) in [5.74, 6) is -0.887. The molecule has 0 spiro atoms. The molecule has 15 heavy (non-hydrogen) atoms. The van der Waals surface area contributed by atoms with Crippen molar-refractivity contribution in [1.29, 1.82) is 0 Å². The fraction of sp³-hybridized carbons (Fsp3) is 0.333. The number of alkyl halides is 2. The average molecular weight is 216 g/mol. The van der Waals surface area contributed by atoms with Gasteiger partial charge >= 0.3 is 5.97 Å². The summed E-state index contributed by atoms with van der Waals surface area (Å²) < 4.78 is 29.3. The second-order valence-electron chi connectivity index (χ2n) is 2.73. The molecule has 0 saturated carbocycles. The van der Waals surface area contributed by atoms with E-state index < -0.39 is 12.4 Å². The van der Waals surface area contributed by atoms with Crippen LogP contribution in [0, 0.1) is 0 Å². The molecule has 0 radical (unpaired) electrons. The second-order valence-corrected chi connectivity index (χ2v) is 2.73. The standard InChI is InChI=1S/C9H10F2N2O2/c1-2-15-9(14)6-3-5(8(10)11)4-7(12)13-6/h3-4,8H,2H2,1H3,(H2,12,13). The van der Waals surface area contributed by atoms with E-state index in [2.05, 4.69) is 9.72 Å². The van der Waals surface area contributed by atoms with Gasteiger partial charge in [0.25, 0.3) is 6.43 Å². The van der Waals surface area contributed by atoms with Crippen LogP contribution in [0.1, 0.15) is 29.4 Å². The summed E-state index contributed by atoms with van der Waals surface area (Å²) >= 11 is 0. The Morgan fingerprint density at radius 3 is 2.80 bits per heavy atom. The van der Waals surface area contributed by atoms with Gasteiger partial charge in [-0.05, 0) is 19.1 Å². The maximum atomic E-state index is 12.3. The van der Waals surface area contributed by atoms with E-state index in [1.54, 1.807) is 6.92 Å². The van der Waals surface area contributed by atoms with E-state index in [4.69, 9.17) is 5.73 Å². The predicted octanol–water partition coefficient (Wildman–Crippen LogP) is 1.78. The number of ether oxygens (including phenoxy) is 1. The topological polar surface area (TPSA) is 65.2 Å². The van der Waals surface area contributed by atoms with E-state index in [0.29, 0.717) is 0 Å². The van der Waals surface area contributed by atoms with Crippen molar-refractivity contribution < 1.29 is 18.3 Å². The van der Waals surface area contributed by atoms with Gasteiger partial charge in [0.2, 0.25) is 0 Å². The zero-order valence-corrected chi connectivity index (χ0v) is 8.04.